The zero-order valence-corrected chi connectivity index (χ0v) is 11.7. The Morgan fingerprint density at radius 2 is 1.74 bits per heavy atom. The minimum Gasteiger partial charge on any atom is -0.423 e. The van der Waals surface area contributed by atoms with Gasteiger partial charge in [0.1, 0.15) is 0 Å². The van der Waals surface area contributed by atoms with Crippen molar-refractivity contribution in [3.8, 4) is 0 Å². The van der Waals surface area contributed by atoms with E-state index in [1.54, 1.807) is 0 Å². The van der Waals surface area contributed by atoms with Crippen LogP contribution >= 0.6 is 0 Å². The Labute approximate surface area is 114 Å². The van der Waals surface area contributed by atoms with E-state index in [0.717, 1.165) is 6.42 Å². The molecule has 0 aliphatic carbocycles. The van der Waals surface area contributed by atoms with Crippen molar-refractivity contribution in [2.24, 2.45) is 11.7 Å². The van der Waals surface area contributed by atoms with E-state index in [-0.39, 0.29) is 12.0 Å². The highest BCUT2D eigenvalue weighted by Crippen LogP contribution is 2.33. The molecule has 0 amide bonds. The molecule has 0 spiro atoms. The fraction of sp³-hybridized carbons (Fsp3) is 0.467. The van der Waals surface area contributed by atoms with Gasteiger partial charge in [-0.1, -0.05) is 50.6 Å². The van der Waals surface area contributed by atoms with Crippen LogP contribution in [0.5, 0.6) is 0 Å². The molecule has 0 radical (unpaired) electrons. The molecule has 4 heteroatoms. The highest BCUT2D eigenvalue weighted by Gasteiger charge is 2.26. The monoisotopic (exact) mass is 259 g/mol. The average molecular weight is 259 g/mol. The number of hydrogen-bond acceptors (Lipinski definition) is 4. The highest BCUT2D eigenvalue weighted by molar-refractivity contribution is 5.25. The molecule has 3 unspecified atom stereocenters. The number of rotatable bonds is 5. The molecule has 2 N–H and O–H groups in total. The first kappa shape index (κ1) is 13.7. The second kappa shape index (κ2) is 5.97. The predicted octanol–water partition coefficient (Wildman–Crippen LogP) is 3.27. The van der Waals surface area contributed by atoms with Crippen molar-refractivity contribution in [2.75, 3.05) is 0 Å². The van der Waals surface area contributed by atoms with Crippen molar-refractivity contribution in [3.05, 3.63) is 47.7 Å². The maximum absolute atomic E-state index is 5.78. The van der Waals surface area contributed by atoms with Crippen LogP contribution in [0.25, 0.3) is 0 Å². The minimum absolute atomic E-state index is 0.131. The summed E-state index contributed by atoms with van der Waals surface area (Å²) in [4.78, 5) is 0. The summed E-state index contributed by atoms with van der Waals surface area (Å²) >= 11 is 0. The average Bonchev–Trinajstić information content (AvgIpc) is 2.89. The van der Waals surface area contributed by atoms with Gasteiger partial charge in [-0.25, -0.2) is 0 Å². The lowest BCUT2D eigenvalue weighted by Crippen LogP contribution is -2.11. The molecular formula is C15H21N3O. The Morgan fingerprint density at radius 1 is 1.11 bits per heavy atom. The maximum Gasteiger partial charge on any atom is 0.232 e. The van der Waals surface area contributed by atoms with Gasteiger partial charge in [-0.2, -0.15) is 0 Å². The minimum atomic E-state index is -0.227. The summed E-state index contributed by atoms with van der Waals surface area (Å²) in [5.41, 5.74) is 6.98. The molecule has 19 heavy (non-hydrogen) atoms. The van der Waals surface area contributed by atoms with Crippen LogP contribution in [0, 0.1) is 5.92 Å². The van der Waals surface area contributed by atoms with Gasteiger partial charge in [0, 0.05) is 0 Å². The van der Waals surface area contributed by atoms with Crippen LogP contribution < -0.4 is 5.73 Å². The summed E-state index contributed by atoms with van der Waals surface area (Å²) in [7, 11) is 0. The summed E-state index contributed by atoms with van der Waals surface area (Å²) in [6.45, 7) is 6.22. The molecular weight excluding hydrogens is 238 g/mol. The van der Waals surface area contributed by atoms with Gasteiger partial charge in [0.05, 0.1) is 12.0 Å². The maximum atomic E-state index is 5.78. The molecule has 0 aliphatic rings. The third-order valence-corrected chi connectivity index (χ3v) is 3.48. The zero-order chi connectivity index (χ0) is 13.8. The molecule has 1 heterocycles. The van der Waals surface area contributed by atoms with Gasteiger partial charge in [-0.05, 0) is 18.4 Å². The van der Waals surface area contributed by atoms with Gasteiger partial charge < -0.3 is 10.2 Å². The molecule has 3 atom stereocenters. The van der Waals surface area contributed by atoms with Crippen molar-refractivity contribution < 1.29 is 4.42 Å². The number of hydrogen-bond donors (Lipinski definition) is 1. The van der Waals surface area contributed by atoms with Crippen molar-refractivity contribution in [2.45, 2.75) is 39.2 Å². The summed E-state index contributed by atoms with van der Waals surface area (Å²) in [6, 6.07) is 10.1. The molecule has 102 valence electrons. The Hall–Kier alpha value is -1.68. The zero-order valence-electron chi connectivity index (χ0n) is 11.7. The predicted molar refractivity (Wildman–Crippen MR) is 74.6 cm³/mol. The fourth-order valence-electron chi connectivity index (χ4n) is 2.17. The first-order valence-electron chi connectivity index (χ1n) is 6.77. The Kier molecular flexibility index (Phi) is 4.32. The molecule has 4 nitrogen and oxygen atoms in total. The van der Waals surface area contributed by atoms with Gasteiger partial charge >= 0.3 is 0 Å². The lowest BCUT2D eigenvalue weighted by molar-refractivity contribution is 0.366. The lowest BCUT2D eigenvalue weighted by Gasteiger charge is -2.19. The third kappa shape index (κ3) is 3.01. The molecule has 0 aliphatic heterocycles. The van der Waals surface area contributed by atoms with Crippen molar-refractivity contribution in [1.82, 2.24) is 10.2 Å². The second-order valence-corrected chi connectivity index (χ2v) is 5.04. The smallest absolute Gasteiger partial charge is 0.232 e. The van der Waals surface area contributed by atoms with E-state index in [1.165, 1.54) is 5.56 Å². The quantitative estimate of drug-likeness (QED) is 0.895. The third-order valence-electron chi connectivity index (χ3n) is 3.48. The largest absolute Gasteiger partial charge is 0.423 e. The van der Waals surface area contributed by atoms with Crippen molar-refractivity contribution in [3.63, 3.8) is 0 Å². The topological polar surface area (TPSA) is 64.9 Å². The number of aromatic nitrogens is 2. The number of benzene rings is 1. The summed E-state index contributed by atoms with van der Waals surface area (Å²) in [6.07, 6.45) is 1.05. The van der Waals surface area contributed by atoms with Crippen LogP contribution in [-0.2, 0) is 0 Å². The van der Waals surface area contributed by atoms with Gasteiger partial charge in [-0.15, -0.1) is 10.2 Å². The van der Waals surface area contributed by atoms with Crippen LogP contribution in [0.2, 0.25) is 0 Å². The first-order chi connectivity index (χ1) is 9.13. The molecule has 2 aromatic rings. The molecule has 0 saturated heterocycles. The highest BCUT2D eigenvalue weighted by atomic mass is 16.4. The number of nitrogens with zero attached hydrogens (tertiary/aromatic N) is 2. The second-order valence-electron chi connectivity index (χ2n) is 5.04. The SMILES string of the molecule is CCC(C)C(c1ccccc1)c1nnc(C(C)N)o1. The lowest BCUT2D eigenvalue weighted by atomic mass is 9.85. The van der Waals surface area contributed by atoms with E-state index in [0.29, 0.717) is 17.7 Å². The van der Waals surface area contributed by atoms with E-state index in [1.807, 2.05) is 25.1 Å². The van der Waals surface area contributed by atoms with Crippen LogP contribution in [-0.4, -0.2) is 10.2 Å². The Bertz CT molecular complexity index is 507. The van der Waals surface area contributed by atoms with Gasteiger partial charge in [-0.3, -0.25) is 0 Å². The Morgan fingerprint density at radius 3 is 2.26 bits per heavy atom. The van der Waals surface area contributed by atoms with Gasteiger partial charge in [0.2, 0.25) is 11.8 Å². The summed E-state index contributed by atoms with van der Waals surface area (Å²) in [5.74, 6) is 1.72. The van der Waals surface area contributed by atoms with Crippen LogP contribution in [0.3, 0.4) is 0 Å². The molecule has 0 saturated carbocycles. The standard InChI is InChI=1S/C15H21N3O/c1-4-10(2)13(12-8-6-5-7-9-12)15-18-17-14(19-15)11(3)16/h5-11,13H,4,16H2,1-3H3. The first-order valence-corrected chi connectivity index (χ1v) is 6.77. The van der Waals surface area contributed by atoms with Gasteiger partial charge in [0.15, 0.2) is 0 Å². The van der Waals surface area contributed by atoms with Crippen molar-refractivity contribution in [1.29, 1.82) is 0 Å². The summed E-state index contributed by atoms with van der Waals surface area (Å²) in [5, 5.41) is 8.22. The van der Waals surface area contributed by atoms with E-state index < -0.39 is 0 Å². The van der Waals surface area contributed by atoms with Crippen molar-refractivity contribution >= 4 is 0 Å². The Balaban J connectivity index is 2.37. The van der Waals surface area contributed by atoms with Gasteiger partial charge in [0.25, 0.3) is 0 Å². The molecule has 0 bridgehead atoms. The van der Waals surface area contributed by atoms with E-state index in [4.69, 9.17) is 10.2 Å². The number of nitrogens with two attached hydrogens (primary N) is 1. The van der Waals surface area contributed by atoms with Crippen LogP contribution in [0.4, 0.5) is 0 Å². The molecule has 2 rings (SSSR count). The van der Waals surface area contributed by atoms with Crippen LogP contribution in [0.15, 0.2) is 34.7 Å². The molecule has 1 aromatic carbocycles. The summed E-state index contributed by atoms with van der Waals surface area (Å²) < 4.78 is 5.74. The van der Waals surface area contributed by atoms with Crippen LogP contribution in [0.1, 0.15) is 56.5 Å². The van der Waals surface area contributed by atoms with E-state index in [2.05, 4.69) is 36.2 Å². The normalized spacial score (nSPS) is 16.0. The van der Waals surface area contributed by atoms with E-state index in [9.17, 15) is 0 Å². The molecule has 1 aromatic heterocycles. The molecule has 0 fully saturated rings. The van der Waals surface area contributed by atoms with E-state index >= 15 is 0 Å². The fourth-order valence-corrected chi connectivity index (χ4v) is 2.17.